The van der Waals surface area contributed by atoms with Crippen molar-refractivity contribution >= 4 is 11.3 Å². The number of fused-ring (bicyclic) bond motifs is 1. The molecule has 0 saturated carbocycles. The van der Waals surface area contributed by atoms with Crippen molar-refractivity contribution in [3.8, 4) is 0 Å². The summed E-state index contributed by atoms with van der Waals surface area (Å²) in [5, 5.41) is 3.55. The number of anilines is 1. The van der Waals surface area contributed by atoms with Gasteiger partial charge in [0.25, 0.3) is 0 Å². The highest BCUT2D eigenvalue weighted by atomic mass is 15.2. The summed E-state index contributed by atoms with van der Waals surface area (Å²) in [5.74, 6) is 0. The molecule has 0 aromatic heterocycles. The average molecular weight is 315 g/mol. The molecule has 0 bridgehead atoms. The van der Waals surface area contributed by atoms with Gasteiger partial charge < -0.3 is 10.2 Å². The lowest BCUT2D eigenvalue weighted by atomic mass is 9.86. The van der Waals surface area contributed by atoms with Gasteiger partial charge in [0.1, 0.15) is 0 Å². The standard InChI is InChI=1S/C21H34N2/c1-8-9-10-23-20-11-16(4)18(14-22-15(2)3)12-19(20)17(5)13-21(23,6)7/h11-13,15,22H,8-10,14H2,1-7H3. The molecule has 1 aliphatic heterocycles. The van der Waals surface area contributed by atoms with Crippen molar-refractivity contribution < 1.29 is 0 Å². The van der Waals surface area contributed by atoms with Gasteiger partial charge in [0.05, 0.1) is 5.54 Å². The van der Waals surface area contributed by atoms with Gasteiger partial charge in [0.2, 0.25) is 0 Å². The molecule has 1 aromatic carbocycles. The highest BCUT2D eigenvalue weighted by Crippen LogP contribution is 2.40. The van der Waals surface area contributed by atoms with Crippen molar-refractivity contribution in [1.82, 2.24) is 5.32 Å². The summed E-state index contributed by atoms with van der Waals surface area (Å²) < 4.78 is 0. The van der Waals surface area contributed by atoms with Crippen LogP contribution >= 0.6 is 0 Å². The maximum Gasteiger partial charge on any atom is 0.0534 e. The lowest BCUT2D eigenvalue weighted by Gasteiger charge is -2.44. The predicted octanol–water partition coefficient (Wildman–Crippen LogP) is 5.30. The van der Waals surface area contributed by atoms with Crippen LogP contribution < -0.4 is 10.2 Å². The first-order valence-electron chi connectivity index (χ1n) is 9.10. The Morgan fingerprint density at radius 1 is 1.17 bits per heavy atom. The third kappa shape index (κ3) is 3.98. The van der Waals surface area contributed by atoms with Crippen LogP contribution in [0.5, 0.6) is 0 Å². The molecule has 0 spiro atoms. The Hall–Kier alpha value is -1.28. The van der Waals surface area contributed by atoms with Crippen LogP contribution in [-0.2, 0) is 6.54 Å². The maximum atomic E-state index is 3.55. The number of unbranched alkanes of at least 4 members (excludes halogenated alkanes) is 1. The summed E-state index contributed by atoms with van der Waals surface area (Å²) in [6.07, 6.45) is 4.91. The lowest BCUT2D eigenvalue weighted by molar-refractivity contribution is 0.539. The molecular weight excluding hydrogens is 280 g/mol. The summed E-state index contributed by atoms with van der Waals surface area (Å²) in [6, 6.07) is 5.32. The van der Waals surface area contributed by atoms with Crippen molar-refractivity contribution in [2.24, 2.45) is 0 Å². The van der Waals surface area contributed by atoms with Crippen LogP contribution in [0.3, 0.4) is 0 Å². The van der Waals surface area contributed by atoms with E-state index in [2.05, 4.69) is 76.9 Å². The second kappa shape index (κ2) is 7.09. The fourth-order valence-corrected chi connectivity index (χ4v) is 3.50. The fraction of sp³-hybridized carbons (Fsp3) is 0.619. The minimum absolute atomic E-state index is 0.0936. The minimum atomic E-state index is 0.0936. The smallest absolute Gasteiger partial charge is 0.0534 e. The Balaban J connectivity index is 2.42. The number of benzene rings is 1. The fourth-order valence-electron chi connectivity index (χ4n) is 3.50. The van der Waals surface area contributed by atoms with Gasteiger partial charge in [-0.3, -0.25) is 0 Å². The van der Waals surface area contributed by atoms with Crippen molar-refractivity contribution in [3.05, 3.63) is 34.9 Å². The topological polar surface area (TPSA) is 15.3 Å². The monoisotopic (exact) mass is 314 g/mol. The van der Waals surface area contributed by atoms with Gasteiger partial charge in [-0.05, 0) is 62.9 Å². The Kier molecular flexibility index (Phi) is 5.57. The summed E-state index contributed by atoms with van der Waals surface area (Å²) in [7, 11) is 0. The van der Waals surface area contributed by atoms with E-state index < -0.39 is 0 Å². The van der Waals surface area contributed by atoms with E-state index in [4.69, 9.17) is 0 Å². The summed E-state index contributed by atoms with van der Waals surface area (Å²) in [5.41, 5.74) is 7.13. The van der Waals surface area contributed by atoms with Crippen LogP contribution in [0.4, 0.5) is 5.69 Å². The zero-order valence-electron chi connectivity index (χ0n) is 16.1. The zero-order chi connectivity index (χ0) is 17.2. The van der Waals surface area contributed by atoms with Gasteiger partial charge in [-0.1, -0.05) is 33.3 Å². The van der Waals surface area contributed by atoms with Crippen LogP contribution in [0.15, 0.2) is 18.2 Å². The number of hydrogen-bond acceptors (Lipinski definition) is 2. The first-order valence-corrected chi connectivity index (χ1v) is 9.10. The number of aryl methyl sites for hydroxylation is 1. The number of nitrogens with zero attached hydrogens (tertiary/aromatic N) is 1. The van der Waals surface area contributed by atoms with Gasteiger partial charge in [-0.15, -0.1) is 0 Å². The van der Waals surface area contributed by atoms with E-state index in [-0.39, 0.29) is 5.54 Å². The van der Waals surface area contributed by atoms with E-state index >= 15 is 0 Å². The molecule has 128 valence electrons. The Morgan fingerprint density at radius 3 is 2.48 bits per heavy atom. The third-order valence-electron chi connectivity index (χ3n) is 4.87. The molecule has 0 atom stereocenters. The third-order valence-corrected chi connectivity index (χ3v) is 4.87. The Labute approximate surface area is 143 Å². The van der Waals surface area contributed by atoms with Gasteiger partial charge in [-0.25, -0.2) is 0 Å². The van der Waals surface area contributed by atoms with Gasteiger partial charge in [-0.2, -0.15) is 0 Å². The van der Waals surface area contributed by atoms with Gasteiger partial charge >= 0.3 is 0 Å². The average Bonchev–Trinajstić information content (AvgIpc) is 2.44. The maximum absolute atomic E-state index is 3.55. The molecule has 2 nitrogen and oxygen atoms in total. The molecule has 1 aromatic rings. The van der Waals surface area contributed by atoms with Crippen LogP contribution in [0.1, 0.15) is 71.1 Å². The second-order valence-electron chi connectivity index (χ2n) is 7.82. The van der Waals surface area contributed by atoms with E-state index in [1.165, 1.54) is 40.8 Å². The lowest BCUT2D eigenvalue weighted by Crippen LogP contribution is -2.45. The van der Waals surface area contributed by atoms with Crippen LogP contribution in [0.25, 0.3) is 5.57 Å². The number of allylic oxidation sites excluding steroid dienone is 1. The van der Waals surface area contributed by atoms with Crippen molar-refractivity contribution in [3.63, 3.8) is 0 Å². The Morgan fingerprint density at radius 2 is 1.87 bits per heavy atom. The van der Waals surface area contributed by atoms with Crippen LogP contribution in [0.2, 0.25) is 0 Å². The number of nitrogens with one attached hydrogen (secondary N) is 1. The van der Waals surface area contributed by atoms with Gasteiger partial charge in [0, 0.05) is 30.4 Å². The largest absolute Gasteiger partial charge is 0.362 e. The molecule has 23 heavy (non-hydrogen) atoms. The second-order valence-corrected chi connectivity index (χ2v) is 7.82. The molecule has 0 fully saturated rings. The van der Waals surface area contributed by atoms with Crippen molar-refractivity contribution in [1.29, 1.82) is 0 Å². The van der Waals surface area contributed by atoms with Crippen LogP contribution in [0, 0.1) is 6.92 Å². The first-order chi connectivity index (χ1) is 10.8. The number of hydrogen-bond donors (Lipinski definition) is 1. The van der Waals surface area contributed by atoms with E-state index in [0.717, 1.165) is 13.1 Å². The highest BCUT2D eigenvalue weighted by molar-refractivity contribution is 5.82. The van der Waals surface area contributed by atoms with E-state index in [1.807, 2.05) is 0 Å². The van der Waals surface area contributed by atoms with Crippen LogP contribution in [-0.4, -0.2) is 18.1 Å². The molecule has 2 rings (SSSR count). The highest BCUT2D eigenvalue weighted by Gasteiger charge is 2.31. The molecular formula is C21H34N2. The molecule has 1 aliphatic rings. The molecule has 0 unspecified atom stereocenters. The Bertz CT molecular complexity index is 582. The van der Waals surface area contributed by atoms with Crippen molar-refractivity contribution in [2.45, 2.75) is 79.4 Å². The first kappa shape index (κ1) is 18.1. The molecule has 1 heterocycles. The summed E-state index contributed by atoms with van der Waals surface area (Å²) in [4.78, 5) is 2.59. The summed E-state index contributed by atoms with van der Waals surface area (Å²) >= 11 is 0. The normalized spacial score (nSPS) is 16.5. The minimum Gasteiger partial charge on any atom is -0.362 e. The molecule has 0 amide bonds. The molecule has 2 heteroatoms. The molecule has 1 N–H and O–H groups in total. The molecule has 0 aliphatic carbocycles. The zero-order valence-corrected chi connectivity index (χ0v) is 16.1. The van der Waals surface area contributed by atoms with Crippen molar-refractivity contribution in [2.75, 3.05) is 11.4 Å². The quantitative estimate of drug-likeness (QED) is 0.767. The summed E-state index contributed by atoms with van der Waals surface area (Å²) in [6.45, 7) is 17.9. The van der Waals surface area contributed by atoms with E-state index in [0.29, 0.717) is 6.04 Å². The molecule has 0 saturated heterocycles. The SMILES string of the molecule is CCCCN1c2cc(C)c(CNC(C)C)cc2C(C)=CC1(C)C. The van der Waals surface area contributed by atoms with E-state index in [9.17, 15) is 0 Å². The van der Waals surface area contributed by atoms with Gasteiger partial charge in [0.15, 0.2) is 0 Å². The van der Waals surface area contributed by atoms with E-state index in [1.54, 1.807) is 0 Å². The number of rotatable bonds is 6. The predicted molar refractivity (Wildman–Crippen MR) is 103 cm³/mol. The molecule has 0 radical (unpaired) electrons.